The van der Waals surface area contributed by atoms with Gasteiger partial charge in [0.25, 0.3) is 0 Å². The van der Waals surface area contributed by atoms with Gasteiger partial charge in [-0.15, -0.1) is 0 Å². The SMILES string of the molecule is c1cp[p-]p1. The Morgan fingerprint density at radius 3 is 2.00 bits per heavy atom. The molecular formula is C2H2P3-. The second-order valence-corrected chi connectivity index (χ2v) is 5.39. The van der Waals surface area contributed by atoms with Gasteiger partial charge in [0.15, 0.2) is 0 Å². The predicted octanol–water partition coefficient (Wildman–Crippen LogP) is 3.15. The molecule has 1 aromatic heterocycles. The standard InChI is InChI=1S/C2H2P3/c1-2-4-5-3-1/h1-2H/q-1. The summed E-state index contributed by atoms with van der Waals surface area (Å²) in [5.74, 6) is 4.37. The van der Waals surface area contributed by atoms with Crippen LogP contribution in [0.2, 0.25) is 0 Å². The monoisotopic (exact) mass is 119 g/mol. The van der Waals surface area contributed by atoms with Crippen LogP contribution in [0.15, 0.2) is 11.6 Å². The van der Waals surface area contributed by atoms with E-state index in [-0.39, 0.29) is 0 Å². The van der Waals surface area contributed by atoms with Crippen LogP contribution in [-0.2, 0) is 0 Å². The molecule has 0 amide bonds. The zero-order chi connectivity index (χ0) is 3.54. The van der Waals surface area contributed by atoms with Crippen LogP contribution < -0.4 is 0 Å². The zero-order valence-electron chi connectivity index (χ0n) is 2.50. The van der Waals surface area contributed by atoms with E-state index in [0.29, 0.717) is 0 Å². The minimum atomic E-state index is 1.47. The molecule has 0 unspecified atom stereocenters. The third-order valence-electron chi connectivity index (χ3n) is 0.303. The lowest BCUT2D eigenvalue weighted by atomic mass is 11.2. The van der Waals surface area contributed by atoms with Crippen LogP contribution in [0.25, 0.3) is 0 Å². The van der Waals surface area contributed by atoms with Crippen LogP contribution in [0.3, 0.4) is 0 Å². The molecule has 0 aliphatic heterocycles. The lowest BCUT2D eigenvalue weighted by Crippen LogP contribution is -1.01. The molecule has 0 bridgehead atoms. The first kappa shape index (κ1) is 3.82. The smallest absolute Gasteiger partial charge is 0.0650 e. The highest BCUT2D eigenvalue weighted by molar-refractivity contribution is 8.16. The quantitative estimate of drug-likeness (QED) is 0.492. The largest absolute Gasteiger partial charge is 0.463 e. The van der Waals surface area contributed by atoms with Crippen molar-refractivity contribution in [3.05, 3.63) is 11.6 Å². The predicted molar refractivity (Wildman–Crippen MR) is 29.6 cm³/mol. The first-order valence-corrected chi connectivity index (χ1v) is 5.48. The van der Waals surface area contributed by atoms with E-state index in [1.54, 1.807) is 0 Å². The topological polar surface area (TPSA) is 0 Å². The summed E-state index contributed by atoms with van der Waals surface area (Å²) in [5.41, 5.74) is 0. The summed E-state index contributed by atoms with van der Waals surface area (Å²) in [4.78, 5) is 0. The summed E-state index contributed by atoms with van der Waals surface area (Å²) in [5, 5.41) is 0. The van der Waals surface area contributed by atoms with Crippen LogP contribution in [0, 0.1) is 0 Å². The third-order valence-corrected chi connectivity index (χ3v) is 4.59. The summed E-state index contributed by atoms with van der Waals surface area (Å²) < 4.78 is 0. The van der Waals surface area contributed by atoms with E-state index in [2.05, 4.69) is 11.6 Å². The van der Waals surface area contributed by atoms with E-state index in [1.807, 2.05) is 0 Å². The lowest BCUT2D eigenvalue weighted by Gasteiger charge is -1.66. The Balaban J connectivity index is 3.13. The maximum Gasteiger partial charge on any atom is -0.0650 e. The fourth-order valence-electron chi connectivity index (χ4n) is 0.149. The highest BCUT2D eigenvalue weighted by Crippen LogP contribution is 2.30. The van der Waals surface area contributed by atoms with Crippen molar-refractivity contribution < 1.29 is 0 Å². The normalized spacial score (nSPS) is 12.8. The summed E-state index contributed by atoms with van der Waals surface area (Å²) in [6.45, 7) is 0. The minimum Gasteiger partial charge on any atom is -0.463 e. The molecule has 5 heavy (non-hydrogen) atoms. The van der Waals surface area contributed by atoms with Gasteiger partial charge in [0.2, 0.25) is 0 Å². The van der Waals surface area contributed by atoms with Gasteiger partial charge in [0.05, 0.1) is 0 Å². The second kappa shape index (κ2) is 1.93. The Kier molecular flexibility index (Phi) is 1.48. The Hall–Kier alpha value is 0.640. The Morgan fingerprint density at radius 1 is 1.20 bits per heavy atom. The molecule has 0 nitrogen and oxygen atoms in total. The summed E-state index contributed by atoms with van der Waals surface area (Å²) in [6.07, 6.45) is 0. The second-order valence-electron chi connectivity index (χ2n) is 0.619. The van der Waals surface area contributed by atoms with Crippen LogP contribution in [0.4, 0.5) is 0 Å². The number of hydrogen-bond acceptors (Lipinski definition) is 0. The fraction of sp³-hybridized carbons (Fsp3) is 0. The molecule has 0 N–H and O–H groups in total. The van der Waals surface area contributed by atoms with Crippen molar-refractivity contribution in [3.8, 4) is 0 Å². The maximum atomic E-state index is 2.18. The molecule has 1 rings (SSSR count). The summed E-state index contributed by atoms with van der Waals surface area (Å²) in [7, 11) is 4.47. The molecule has 1 aromatic rings. The van der Waals surface area contributed by atoms with Gasteiger partial charge in [0, 0.05) is 0 Å². The highest BCUT2D eigenvalue weighted by Gasteiger charge is 1.43. The molecule has 0 fully saturated rings. The molecule has 0 saturated heterocycles. The zero-order valence-corrected chi connectivity index (χ0v) is 5.18. The van der Waals surface area contributed by atoms with Crippen molar-refractivity contribution in [1.29, 1.82) is 0 Å². The summed E-state index contributed by atoms with van der Waals surface area (Å²) in [6, 6.07) is 0. The van der Waals surface area contributed by atoms with Crippen LogP contribution in [-0.4, -0.2) is 0 Å². The van der Waals surface area contributed by atoms with E-state index in [1.165, 1.54) is 23.3 Å². The van der Waals surface area contributed by atoms with Crippen molar-refractivity contribution in [2.45, 2.75) is 0 Å². The molecular weight excluding hydrogens is 117 g/mol. The summed E-state index contributed by atoms with van der Waals surface area (Å²) >= 11 is 0. The molecule has 0 aromatic carbocycles. The van der Waals surface area contributed by atoms with E-state index < -0.39 is 0 Å². The van der Waals surface area contributed by atoms with E-state index in [0.717, 1.165) is 0 Å². The fourth-order valence-corrected chi connectivity index (χ4v) is 4.02. The first-order valence-electron chi connectivity index (χ1n) is 1.25. The van der Waals surface area contributed by atoms with Crippen molar-refractivity contribution >= 4 is 23.3 Å². The van der Waals surface area contributed by atoms with E-state index in [9.17, 15) is 0 Å². The van der Waals surface area contributed by atoms with E-state index >= 15 is 0 Å². The average molecular weight is 119 g/mol. The molecule has 1 heterocycles. The van der Waals surface area contributed by atoms with Crippen LogP contribution in [0.1, 0.15) is 0 Å². The third kappa shape index (κ3) is 1.02. The van der Waals surface area contributed by atoms with Crippen molar-refractivity contribution in [2.75, 3.05) is 0 Å². The van der Waals surface area contributed by atoms with Gasteiger partial charge in [-0.3, -0.25) is 15.7 Å². The van der Waals surface area contributed by atoms with Gasteiger partial charge >= 0.3 is 0 Å². The van der Waals surface area contributed by atoms with Crippen molar-refractivity contribution in [2.24, 2.45) is 0 Å². The van der Waals surface area contributed by atoms with Gasteiger partial charge in [-0.1, -0.05) is 11.6 Å². The number of rotatable bonds is 0. The molecule has 0 atom stereocenters. The molecule has 26 valence electrons. The highest BCUT2D eigenvalue weighted by atomic mass is 32.1. The molecule has 0 saturated carbocycles. The molecule has 3 heteroatoms. The Morgan fingerprint density at radius 2 is 1.80 bits per heavy atom. The molecule has 0 aliphatic rings. The molecule has 0 radical (unpaired) electrons. The minimum absolute atomic E-state index is 1.47. The molecule has 0 aliphatic carbocycles. The van der Waals surface area contributed by atoms with Gasteiger partial charge in [-0.05, 0) is 0 Å². The van der Waals surface area contributed by atoms with Gasteiger partial charge in [0.1, 0.15) is 0 Å². The van der Waals surface area contributed by atoms with Gasteiger partial charge < -0.3 is 7.55 Å². The number of hydrogen-bond donors (Lipinski definition) is 0. The van der Waals surface area contributed by atoms with Gasteiger partial charge in [-0.25, -0.2) is 0 Å². The van der Waals surface area contributed by atoms with E-state index in [4.69, 9.17) is 0 Å². The first-order chi connectivity index (χ1) is 2.50. The van der Waals surface area contributed by atoms with Crippen LogP contribution in [0.5, 0.6) is 0 Å². The molecule has 0 spiro atoms. The lowest BCUT2D eigenvalue weighted by molar-refractivity contribution is 2.39. The maximum absolute atomic E-state index is 2.18. The van der Waals surface area contributed by atoms with Crippen LogP contribution >= 0.6 is 23.3 Å². The average Bonchev–Trinajstić information content (AvgIpc) is 1.76. The van der Waals surface area contributed by atoms with Crippen molar-refractivity contribution in [1.82, 2.24) is 0 Å². The Bertz CT molecular complexity index is 61.4. The Labute approximate surface area is 35.7 Å². The van der Waals surface area contributed by atoms with Crippen molar-refractivity contribution in [3.63, 3.8) is 0 Å². The van der Waals surface area contributed by atoms with Gasteiger partial charge in [-0.2, -0.15) is 0 Å².